The van der Waals surface area contributed by atoms with Crippen LogP contribution >= 0.6 is 0 Å². The minimum absolute atomic E-state index is 0.297. The molecule has 0 amide bonds. The van der Waals surface area contributed by atoms with Crippen molar-refractivity contribution < 1.29 is 14.6 Å². The summed E-state index contributed by atoms with van der Waals surface area (Å²) in [7, 11) is 0. The summed E-state index contributed by atoms with van der Waals surface area (Å²) in [6.07, 6.45) is 2.28. The average molecular weight is 283 g/mol. The summed E-state index contributed by atoms with van der Waals surface area (Å²) >= 11 is 0. The van der Waals surface area contributed by atoms with Crippen molar-refractivity contribution in [1.29, 1.82) is 0 Å². The molecule has 108 valence electrons. The fourth-order valence-corrected chi connectivity index (χ4v) is 1.78. The van der Waals surface area contributed by atoms with E-state index in [0.717, 1.165) is 17.5 Å². The summed E-state index contributed by atoms with van der Waals surface area (Å²) in [4.78, 5) is 10.4. The molecular weight excluding hydrogens is 266 g/mol. The maximum Gasteiger partial charge on any atom is 0.328 e. The second-order valence-corrected chi connectivity index (χ2v) is 4.54. The van der Waals surface area contributed by atoms with Gasteiger partial charge in [-0.2, -0.15) is 0 Å². The number of nitrogens with one attached hydrogen (secondary N) is 1. The number of carboxylic acid groups (broad SMARTS) is 1. The molecule has 2 rings (SSSR count). The molecule has 0 spiro atoms. The Hall–Kier alpha value is -2.75. The summed E-state index contributed by atoms with van der Waals surface area (Å²) in [5, 5.41) is 11.8. The van der Waals surface area contributed by atoms with E-state index in [-0.39, 0.29) is 6.10 Å². The van der Waals surface area contributed by atoms with Crippen LogP contribution in [-0.4, -0.2) is 17.2 Å². The van der Waals surface area contributed by atoms with E-state index in [1.165, 1.54) is 6.08 Å². The second-order valence-electron chi connectivity index (χ2n) is 4.54. The highest BCUT2D eigenvalue weighted by Crippen LogP contribution is 2.20. The number of anilines is 2. The van der Waals surface area contributed by atoms with Gasteiger partial charge in [0.15, 0.2) is 0 Å². The summed E-state index contributed by atoms with van der Waals surface area (Å²) in [5.41, 5.74) is 1.98. The minimum atomic E-state index is -0.979. The van der Waals surface area contributed by atoms with Gasteiger partial charge >= 0.3 is 5.97 Å². The first-order valence-corrected chi connectivity index (χ1v) is 6.63. The van der Waals surface area contributed by atoms with E-state index >= 15 is 0 Å². The first-order chi connectivity index (χ1) is 10.1. The fraction of sp³-hybridized carbons (Fsp3) is 0.118. The lowest BCUT2D eigenvalue weighted by Gasteiger charge is -2.12. The highest BCUT2D eigenvalue weighted by atomic mass is 16.5. The molecule has 2 aromatic carbocycles. The van der Waals surface area contributed by atoms with Gasteiger partial charge in [-0.3, -0.25) is 0 Å². The maximum absolute atomic E-state index is 10.4. The van der Waals surface area contributed by atoms with Crippen molar-refractivity contribution in [3.05, 3.63) is 66.7 Å². The van der Waals surface area contributed by atoms with Gasteiger partial charge in [-0.15, -0.1) is 0 Å². The molecule has 0 saturated carbocycles. The zero-order chi connectivity index (χ0) is 15.1. The smallest absolute Gasteiger partial charge is 0.328 e. The summed E-state index contributed by atoms with van der Waals surface area (Å²) in [6, 6.07) is 17.4. The number of hydrogen-bond donors (Lipinski definition) is 2. The van der Waals surface area contributed by atoms with Gasteiger partial charge in [0, 0.05) is 17.5 Å². The zero-order valence-corrected chi connectivity index (χ0v) is 11.7. The van der Waals surface area contributed by atoms with Crippen LogP contribution in [0.5, 0.6) is 5.75 Å². The number of hydrogen-bond acceptors (Lipinski definition) is 3. The van der Waals surface area contributed by atoms with E-state index in [1.807, 2.05) is 54.6 Å². The van der Waals surface area contributed by atoms with E-state index in [4.69, 9.17) is 9.84 Å². The van der Waals surface area contributed by atoms with E-state index in [9.17, 15) is 4.79 Å². The molecule has 0 fully saturated rings. The number of carbonyl (C=O) groups is 1. The minimum Gasteiger partial charge on any atom is -0.487 e. The van der Waals surface area contributed by atoms with Crippen molar-refractivity contribution in [3.8, 4) is 5.75 Å². The van der Waals surface area contributed by atoms with E-state index in [1.54, 1.807) is 6.92 Å². The quantitative estimate of drug-likeness (QED) is 0.791. The third-order valence-corrected chi connectivity index (χ3v) is 2.75. The second kappa shape index (κ2) is 7.14. The Morgan fingerprint density at radius 1 is 1.10 bits per heavy atom. The Balaban J connectivity index is 1.94. The SMILES string of the molecule is CC(C=CC(=O)O)Oc1ccc(Nc2ccccc2)cc1. The largest absolute Gasteiger partial charge is 0.487 e. The van der Waals surface area contributed by atoms with Crippen molar-refractivity contribution in [1.82, 2.24) is 0 Å². The topological polar surface area (TPSA) is 58.6 Å². The lowest BCUT2D eigenvalue weighted by atomic mass is 10.2. The highest BCUT2D eigenvalue weighted by Gasteiger charge is 2.01. The van der Waals surface area contributed by atoms with Crippen LogP contribution in [0, 0.1) is 0 Å². The fourth-order valence-electron chi connectivity index (χ4n) is 1.78. The van der Waals surface area contributed by atoms with Gasteiger partial charge in [-0.05, 0) is 49.4 Å². The van der Waals surface area contributed by atoms with Crippen LogP contribution in [0.4, 0.5) is 11.4 Å². The molecule has 1 atom stereocenters. The molecule has 0 bridgehead atoms. The zero-order valence-electron chi connectivity index (χ0n) is 11.7. The van der Waals surface area contributed by atoms with E-state index in [0.29, 0.717) is 5.75 Å². The molecule has 4 heteroatoms. The molecule has 2 N–H and O–H groups in total. The predicted molar refractivity (Wildman–Crippen MR) is 83.0 cm³/mol. The molecule has 4 nitrogen and oxygen atoms in total. The third-order valence-electron chi connectivity index (χ3n) is 2.75. The van der Waals surface area contributed by atoms with E-state index < -0.39 is 5.97 Å². The van der Waals surface area contributed by atoms with Crippen molar-refractivity contribution in [2.45, 2.75) is 13.0 Å². The van der Waals surface area contributed by atoms with Crippen LogP contribution in [0.2, 0.25) is 0 Å². The van der Waals surface area contributed by atoms with Crippen molar-refractivity contribution in [2.75, 3.05) is 5.32 Å². The van der Waals surface area contributed by atoms with Gasteiger partial charge in [0.1, 0.15) is 11.9 Å². The highest BCUT2D eigenvalue weighted by molar-refractivity contribution is 5.79. The molecule has 0 heterocycles. The number of rotatable bonds is 6. The number of carboxylic acids is 1. The van der Waals surface area contributed by atoms with Crippen LogP contribution in [0.3, 0.4) is 0 Å². The summed E-state index contributed by atoms with van der Waals surface area (Å²) in [6.45, 7) is 1.79. The van der Waals surface area contributed by atoms with Gasteiger partial charge < -0.3 is 15.2 Å². The molecule has 2 aromatic rings. The molecular formula is C17H17NO3. The number of aliphatic carboxylic acids is 1. The van der Waals surface area contributed by atoms with Gasteiger partial charge in [-0.25, -0.2) is 4.79 Å². The number of para-hydroxylation sites is 1. The Morgan fingerprint density at radius 2 is 1.71 bits per heavy atom. The summed E-state index contributed by atoms with van der Waals surface area (Å²) in [5.74, 6) is -0.288. The van der Waals surface area contributed by atoms with Gasteiger partial charge in [0.25, 0.3) is 0 Å². The first kappa shape index (κ1) is 14.7. The Morgan fingerprint density at radius 3 is 2.33 bits per heavy atom. The van der Waals surface area contributed by atoms with Gasteiger partial charge in [0.05, 0.1) is 0 Å². The summed E-state index contributed by atoms with van der Waals surface area (Å²) < 4.78 is 5.59. The van der Waals surface area contributed by atoms with Crippen molar-refractivity contribution in [3.63, 3.8) is 0 Å². The maximum atomic E-state index is 10.4. The average Bonchev–Trinajstić information content (AvgIpc) is 2.48. The standard InChI is InChI=1S/C17H17NO3/c1-13(7-12-17(19)20)21-16-10-8-15(9-11-16)18-14-5-3-2-4-6-14/h2-13,18H,1H3,(H,19,20). The van der Waals surface area contributed by atoms with Crippen molar-refractivity contribution >= 4 is 17.3 Å². The Labute approximate surface area is 123 Å². The number of benzene rings is 2. The van der Waals surface area contributed by atoms with E-state index in [2.05, 4.69) is 5.32 Å². The lowest BCUT2D eigenvalue weighted by Crippen LogP contribution is -2.08. The molecule has 0 aliphatic heterocycles. The first-order valence-electron chi connectivity index (χ1n) is 6.63. The molecule has 0 aliphatic carbocycles. The van der Waals surface area contributed by atoms with Crippen LogP contribution < -0.4 is 10.1 Å². The monoisotopic (exact) mass is 283 g/mol. The van der Waals surface area contributed by atoms with Crippen molar-refractivity contribution in [2.24, 2.45) is 0 Å². The van der Waals surface area contributed by atoms with Crippen LogP contribution in [0.15, 0.2) is 66.7 Å². The van der Waals surface area contributed by atoms with Crippen LogP contribution in [0.1, 0.15) is 6.92 Å². The molecule has 0 saturated heterocycles. The third kappa shape index (κ3) is 5.03. The normalized spacial score (nSPS) is 12.0. The lowest BCUT2D eigenvalue weighted by molar-refractivity contribution is -0.131. The predicted octanol–water partition coefficient (Wildman–Crippen LogP) is 3.84. The van der Waals surface area contributed by atoms with Gasteiger partial charge in [-0.1, -0.05) is 18.2 Å². The molecule has 0 radical (unpaired) electrons. The number of ether oxygens (including phenoxy) is 1. The van der Waals surface area contributed by atoms with Crippen LogP contribution in [-0.2, 0) is 4.79 Å². The molecule has 21 heavy (non-hydrogen) atoms. The van der Waals surface area contributed by atoms with Gasteiger partial charge in [0.2, 0.25) is 0 Å². The molecule has 0 aliphatic rings. The Kier molecular flexibility index (Phi) is 4.99. The molecule has 0 aromatic heterocycles. The van der Waals surface area contributed by atoms with Crippen LogP contribution in [0.25, 0.3) is 0 Å². The Bertz CT molecular complexity index is 606. The molecule has 1 unspecified atom stereocenters.